The van der Waals surface area contributed by atoms with Crippen LogP contribution in [0.2, 0.25) is 0 Å². The summed E-state index contributed by atoms with van der Waals surface area (Å²) < 4.78 is 49.8. The first-order valence-corrected chi connectivity index (χ1v) is 11.1. The number of sulfone groups is 1. The Bertz CT molecular complexity index is 803. The van der Waals surface area contributed by atoms with E-state index in [2.05, 4.69) is 10.0 Å². The average molecular weight is 374 g/mol. The number of sulfonamides is 1. The molecule has 1 aromatic carbocycles. The molecule has 0 saturated carbocycles. The van der Waals surface area contributed by atoms with Crippen molar-refractivity contribution in [2.45, 2.75) is 31.1 Å². The van der Waals surface area contributed by atoms with Gasteiger partial charge in [-0.15, -0.1) is 0 Å². The summed E-state index contributed by atoms with van der Waals surface area (Å²) in [5.74, 6) is -1.13. The van der Waals surface area contributed by atoms with E-state index < -0.39 is 31.7 Å². The summed E-state index contributed by atoms with van der Waals surface area (Å²) in [5, 5.41) is 2.61. The molecule has 0 aliphatic carbocycles. The third-order valence-electron chi connectivity index (χ3n) is 3.84. The fourth-order valence-corrected chi connectivity index (χ4v) is 5.31. The molecule has 0 aromatic heterocycles. The molecular formula is C15H22N2O5S2. The highest BCUT2D eigenvalue weighted by Crippen LogP contribution is 2.21. The minimum absolute atomic E-state index is 0.0147. The number of carbonyl (C=O) groups excluding carboxylic acids is 1. The zero-order valence-electron chi connectivity index (χ0n) is 13.5. The zero-order valence-corrected chi connectivity index (χ0v) is 15.1. The Balaban J connectivity index is 2.06. The van der Waals surface area contributed by atoms with Gasteiger partial charge in [-0.1, -0.05) is 19.4 Å². The maximum Gasteiger partial charge on any atom is 0.240 e. The van der Waals surface area contributed by atoms with Gasteiger partial charge in [-0.05, 0) is 31.0 Å². The predicted octanol–water partition coefficient (Wildman–Crippen LogP) is 1.14. The quantitative estimate of drug-likeness (QED) is 0.696. The molecule has 0 radical (unpaired) electrons. The van der Waals surface area contributed by atoms with Crippen LogP contribution in [0.25, 0.3) is 0 Å². The minimum Gasteiger partial charge on any atom is -0.326 e. The first-order valence-electron chi connectivity index (χ1n) is 7.84. The Morgan fingerprint density at radius 2 is 2.08 bits per heavy atom. The van der Waals surface area contributed by atoms with Crippen molar-refractivity contribution in [1.82, 2.24) is 4.72 Å². The number of benzene rings is 1. The van der Waals surface area contributed by atoms with Gasteiger partial charge in [0.15, 0.2) is 9.84 Å². The molecule has 7 nitrogen and oxygen atoms in total. The number of amides is 1. The van der Waals surface area contributed by atoms with Gasteiger partial charge in [0.1, 0.15) is 0 Å². The predicted molar refractivity (Wildman–Crippen MR) is 91.9 cm³/mol. The molecule has 1 heterocycles. The Morgan fingerprint density at radius 1 is 1.33 bits per heavy atom. The van der Waals surface area contributed by atoms with Crippen molar-refractivity contribution in [2.24, 2.45) is 5.92 Å². The van der Waals surface area contributed by atoms with E-state index in [1.165, 1.54) is 18.2 Å². The molecule has 2 N–H and O–H groups in total. The second-order valence-corrected chi connectivity index (χ2v) is 9.86. The molecule has 1 aliphatic heterocycles. The van der Waals surface area contributed by atoms with E-state index in [0.29, 0.717) is 18.7 Å². The van der Waals surface area contributed by atoms with Crippen molar-refractivity contribution in [3.63, 3.8) is 0 Å². The average Bonchev–Trinajstić information content (AvgIpc) is 2.88. The van der Waals surface area contributed by atoms with Gasteiger partial charge in [0, 0.05) is 12.2 Å². The summed E-state index contributed by atoms with van der Waals surface area (Å²) in [7, 11) is -6.77. The molecule has 0 bridgehead atoms. The van der Waals surface area contributed by atoms with Gasteiger partial charge in [0.25, 0.3) is 0 Å². The molecule has 0 spiro atoms. The minimum atomic E-state index is -3.63. The Morgan fingerprint density at radius 3 is 2.71 bits per heavy atom. The first kappa shape index (κ1) is 18.9. The third-order valence-corrected chi connectivity index (χ3v) is 7.06. The number of unbranched alkanes of at least 4 members (excludes halogenated alkanes) is 1. The van der Waals surface area contributed by atoms with Crippen molar-refractivity contribution in [1.29, 1.82) is 0 Å². The fourth-order valence-electron chi connectivity index (χ4n) is 2.45. The van der Waals surface area contributed by atoms with Gasteiger partial charge in [0.2, 0.25) is 15.9 Å². The van der Waals surface area contributed by atoms with Crippen LogP contribution in [-0.4, -0.2) is 40.8 Å². The smallest absolute Gasteiger partial charge is 0.240 e. The van der Waals surface area contributed by atoms with Crippen LogP contribution in [-0.2, 0) is 24.7 Å². The van der Waals surface area contributed by atoms with E-state index in [1.807, 2.05) is 6.92 Å². The number of hydrogen-bond donors (Lipinski definition) is 2. The van der Waals surface area contributed by atoms with Crippen molar-refractivity contribution in [2.75, 3.05) is 23.4 Å². The van der Waals surface area contributed by atoms with Gasteiger partial charge in [-0.3, -0.25) is 4.79 Å². The van der Waals surface area contributed by atoms with Gasteiger partial charge in [-0.2, -0.15) is 0 Å². The van der Waals surface area contributed by atoms with Crippen LogP contribution >= 0.6 is 0 Å². The second kappa shape index (κ2) is 7.62. The normalized spacial score (nSPS) is 20.0. The Hall–Kier alpha value is -1.45. The van der Waals surface area contributed by atoms with Crippen LogP contribution in [0, 0.1) is 5.92 Å². The topological polar surface area (TPSA) is 109 Å². The molecule has 134 valence electrons. The largest absolute Gasteiger partial charge is 0.326 e. The molecule has 2 rings (SSSR count). The van der Waals surface area contributed by atoms with Gasteiger partial charge in [-0.25, -0.2) is 21.6 Å². The van der Waals surface area contributed by atoms with Crippen LogP contribution in [0.15, 0.2) is 29.2 Å². The van der Waals surface area contributed by atoms with Crippen LogP contribution in [0.3, 0.4) is 0 Å². The van der Waals surface area contributed by atoms with E-state index in [4.69, 9.17) is 0 Å². The van der Waals surface area contributed by atoms with E-state index in [0.717, 1.165) is 12.8 Å². The molecule has 1 amide bonds. The maximum atomic E-state index is 12.2. The summed E-state index contributed by atoms with van der Waals surface area (Å²) in [6.07, 6.45) is 1.92. The molecule has 1 aromatic rings. The van der Waals surface area contributed by atoms with Gasteiger partial charge >= 0.3 is 0 Å². The number of anilines is 1. The lowest BCUT2D eigenvalue weighted by Gasteiger charge is -2.11. The molecular weight excluding hydrogens is 352 g/mol. The second-order valence-electron chi connectivity index (χ2n) is 5.87. The first-order chi connectivity index (χ1) is 11.2. The van der Waals surface area contributed by atoms with E-state index in [1.54, 1.807) is 6.07 Å². The molecule has 0 unspecified atom stereocenters. The van der Waals surface area contributed by atoms with Gasteiger partial charge in [0.05, 0.1) is 22.3 Å². The SMILES string of the molecule is CCCCNS(=O)(=O)c1cccc(NC(=O)[C@H]2CCS(=O)(=O)C2)c1. The van der Waals surface area contributed by atoms with Crippen molar-refractivity contribution < 1.29 is 21.6 Å². The lowest BCUT2D eigenvalue weighted by atomic mass is 10.1. The molecule has 1 aliphatic rings. The molecule has 24 heavy (non-hydrogen) atoms. The summed E-state index contributed by atoms with van der Waals surface area (Å²) in [4.78, 5) is 12.2. The summed E-state index contributed by atoms with van der Waals surface area (Å²) in [6, 6.07) is 5.93. The lowest BCUT2D eigenvalue weighted by Crippen LogP contribution is -2.26. The van der Waals surface area contributed by atoms with Crippen molar-refractivity contribution in [3.8, 4) is 0 Å². The van der Waals surface area contributed by atoms with E-state index in [9.17, 15) is 21.6 Å². The number of nitrogens with one attached hydrogen (secondary N) is 2. The van der Waals surface area contributed by atoms with Crippen LogP contribution in [0.1, 0.15) is 26.2 Å². The van der Waals surface area contributed by atoms with E-state index >= 15 is 0 Å². The van der Waals surface area contributed by atoms with Crippen molar-refractivity contribution >= 4 is 31.5 Å². The Kier molecular flexibility index (Phi) is 6.00. The number of carbonyl (C=O) groups is 1. The summed E-state index contributed by atoms with van der Waals surface area (Å²) in [5.41, 5.74) is 0.336. The highest BCUT2D eigenvalue weighted by molar-refractivity contribution is 7.91. The molecule has 9 heteroatoms. The maximum absolute atomic E-state index is 12.2. The number of hydrogen-bond acceptors (Lipinski definition) is 5. The lowest BCUT2D eigenvalue weighted by molar-refractivity contribution is -0.119. The standard InChI is InChI=1S/C15H22N2O5S2/c1-2-3-8-16-24(21,22)14-6-4-5-13(10-14)17-15(18)12-7-9-23(19,20)11-12/h4-6,10,12,16H,2-3,7-9,11H2,1H3,(H,17,18)/t12-/m0/s1. The molecule has 1 saturated heterocycles. The zero-order chi connectivity index (χ0) is 17.8. The van der Waals surface area contributed by atoms with Crippen LogP contribution in [0.4, 0.5) is 5.69 Å². The summed E-state index contributed by atoms with van der Waals surface area (Å²) in [6.45, 7) is 2.32. The Labute approximate surface area is 142 Å². The van der Waals surface area contributed by atoms with Crippen molar-refractivity contribution in [3.05, 3.63) is 24.3 Å². The summed E-state index contributed by atoms with van der Waals surface area (Å²) >= 11 is 0. The highest BCUT2D eigenvalue weighted by Gasteiger charge is 2.33. The molecule has 1 atom stereocenters. The van der Waals surface area contributed by atoms with Gasteiger partial charge < -0.3 is 5.32 Å². The molecule has 1 fully saturated rings. The number of rotatable bonds is 7. The van der Waals surface area contributed by atoms with Crippen LogP contribution < -0.4 is 10.0 Å². The fraction of sp³-hybridized carbons (Fsp3) is 0.533. The highest BCUT2D eigenvalue weighted by atomic mass is 32.2. The monoisotopic (exact) mass is 374 g/mol. The van der Waals surface area contributed by atoms with E-state index in [-0.39, 0.29) is 16.4 Å². The van der Waals surface area contributed by atoms with Crippen LogP contribution in [0.5, 0.6) is 0 Å². The third kappa shape index (κ3) is 5.02.